The van der Waals surface area contributed by atoms with Crippen LogP contribution in [0.1, 0.15) is 32.1 Å². The summed E-state index contributed by atoms with van der Waals surface area (Å²) in [5.41, 5.74) is 2.38. The molecule has 1 aliphatic carbocycles. The molecule has 0 radical (unpaired) electrons. The summed E-state index contributed by atoms with van der Waals surface area (Å²) < 4.78 is 2.03. The number of nitrogens with one attached hydrogen (secondary N) is 1. The molecule has 1 aromatic heterocycles. The van der Waals surface area contributed by atoms with E-state index in [0.717, 1.165) is 5.69 Å². The molecular weight excluding hydrogens is 222 g/mol. The lowest BCUT2D eigenvalue weighted by Gasteiger charge is -2.24. The molecule has 2 aromatic rings. The number of nitrogens with zero attached hydrogens (tertiary/aromatic N) is 2. The third-order valence-corrected chi connectivity index (χ3v) is 3.62. The van der Waals surface area contributed by atoms with Gasteiger partial charge in [0.1, 0.15) is 0 Å². The summed E-state index contributed by atoms with van der Waals surface area (Å²) in [5.74, 6) is 0. The number of aromatic nitrogens is 2. The van der Waals surface area contributed by atoms with E-state index < -0.39 is 0 Å². The quantitative estimate of drug-likeness (QED) is 0.889. The Morgan fingerprint density at radius 2 is 2.06 bits per heavy atom. The average molecular weight is 241 g/mol. The van der Waals surface area contributed by atoms with Crippen molar-refractivity contribution in [1.82, 2.24) is 9.55 Å². The SMILES string of the molecule is c1cc(NC2CCCCC2)cc(-n2ccnc2)c1. The first kappa shape index (κ1) is 11.3. The van der Waals surface area contributed by atoms with Gasteiger partial charge >= 0.3 is 0 Å². The molecule has 0 aliphatic heterocycles. The molecule has 3 heteroatoms. The smallest absolute Gasteiger partial charge is 0.0991 e. The van der Waals surface area contributed by atoms with Gasteiger partial charge in [-0.3, -0.25) is 0 Å². The van der Waals surface area contributed by atoms with Crippen molar-refractivity contribution in [3.8, 4) is 5.69 Å². The second kappa shape index (κ2) is 5.25. The minimum atomic E-state index is 0.650. The monoisotopic (exact) mass is 241 g/mol. The predicted octanol–water partition coefficient (Wildman–Crippen LogP) is 3.62. The van der Waals surface area contributed by atoms with Crippen molar-refractivity contribution in [3.63, 3.8) is 0 Å². The van der Waals surface area contributed by atoms with Gasteiger partial charge in [-0.05, 0) is 31.0 Å². The standard InChI is InChI=1S/C15H19N3/c1-2-5-13(6-3-1)17-14-7-4-8-15(11-14)18-10-9-16-12-18/h4,7-13,17H,1-3,5-6H2. The Hall–Kier alpha value is -1.77. The molecule has 1 N–H and O–H groups in total. The van der Waals surface area contributed by atoms with Crippen LogP contribution in [0.5, 0.6) is 0 Å². The summed E-state index contributed by atoms with van der Waals surface area (Å²) in [6, 6.07) is 9.19. The van der Waals surface area contributed by atoms with Gasteiger partial charge in [-0.15, -0.1) is 0 Å². The molecule has 18 heavy (non-hydrogen) atoms. The number of anilines is 1. The molecule has 0 saturated heterocycles. The van der Waals surface area contributed by atoms with Gasteiger partial charge in [0.05, 0.1) is 6.33 Å². The Morgan fingerprint density at radius 1 is 1.17 bits per heavy atom. The van der Waals surface area contributed by atoms with Gasteiger partial charge in [0.2, 0.25) is 0 Å². The van der Waals surface area contributed by atoms with Crippen molar-refractivity contribution in [2.75, 3.05) is 5.32 Å². The van der Waals surface area contributed by atoms with Crippen molar-refractivity contribution in [3.05, 3.63) is 43.0 Å². The first-order valence-corrected chi connectivity index (χ1v) is 6.77. The highest BCUT2D eigenvalue weighted by atomic mass is 15.0. The van der Waals surface area contributed by atoms with E-state index in [1.807, 2.05) is 17.1 Å². The zero-order valence-electron chi connectivity index (χ0n) is 10.5. The van der Waals surface area contributed by atoms with Crippen LogP contribution >= 0.6 is 0 Å². The second-order valence-electron chi connectivity index (χ2n) is 5.00. The van der Waals surface area contributed by atoms with Crippen molar-refractivity contribution in [2.45, 2.75) is 38.1 Å². The van der Waals surface area contributed by atoms with Crippen LogP contribution in [0.4, 0.5) is 5.69 Å². The Bertz CT molecular complexity index is 484. The van der Waals surface area contributed by atoms with E-state index in [0.29, 0.717) is 6.04 Å². The summed E-state index contributed by atoms with van der Waals surface area (Å²) >= 11 is 0. The number of imidazole rings is 1. The van der Waals surface area contributed by atoms with Gasteiger partial charge in [0.25, 0.3) is 0 Å². The molecule has 1 heterocycles. The highest BCUT2D eigenvalue weighted by molar-refractivity contribution is 5.51. The Labute approximate surface area is 108 Å². The molecule has 3 nitrogen and oxygen atoms in total. The molecule has 3 rings (SSSR count). The summed E-state index contributed by atoms with van der Waals surface area (Å²) in [7, 11) is 0. The molecule has 1 saturated carbocycles. The van der Waals surface area contributed by atoms with Crippen molar-refractivity contribution in [1.29, 1.82) is 0 Å². The third-order valence-electron chi connectivity index (χ3n) is 3.62. The zero-order valence-corrected chi connectivity index (χ0v) is 10.5. The average Bonchev–Trinajstić information content (AvgIpc) is 2.94. The maximum absolute atomic E-state index is 4.09. The molecule has 1 aromatic carbocycles. The van der Waals surface area contributed by atoms with Crippen LogP contribution in [-0.4, -0.2) is 15.6 Å². The second-order valence-corrected chi connectivity index (χ2v) is 5.00. The molecular formula is C15H19N3. The maximum Gasteiger partial charge on any atom is 0.0991 e. The van der Waals surface area contributed by atoms with Gasteiger partial charge in [-0.2, -0.15) is 0 Å². The number of rotatable bonds is 3. The van der Waals surface area contributed by atoms with Crippen LogP contribution in [0.25, 0.3) is 5.69 Å². The van der Waals surface area contributed by atoms with Crippen LogP contribution in [0.15, 0.2) is 43.0 Å². The first-order valence-electron chi connectivity index (χ1n) is 6.77. The van der Waals surface area contributed by atoms with Crippen LogP contribution in [0.2, 0.25) is 0 Å². The Kier molecular flexibility index (Phi) is 3.31. The van der Waals surface area contributed by atoms with E-state index >= 15 is 0 Å². The minimum Gasteiger partial charge on any atom is -0.382 e. The molecule has 0 bridgehead atoms. The minimum absolute atomic E-state index is 0.650. The molecule has 1 aliphatic rings. The van der Waals surface area contributed by atoms with Crippen LogP contribution in [0.3, 0.4) is 0 Å². The van der Waals surface area contributed by atoms with Crippen LogP contribution < -0.4 is 5.32 Å². The van der Waals surface area contributed by atoms with Gasteiger partial charge in [0, 0.05) is 29.8 Å². The lowest BCUT2D eigenvalue weighted by molar-refractivity contribution is 0.463. The Balaban J connectivity index is 1.74. The van der Waals surface area contributed by atoms with Gasteiger partial charge in [-0.25, -0.2) is 4.98 Å². The maximum atomic E-state index is 4.09. The fourth-order valence-electron chi connectivity index (χ4n) is 2.65. The number of hydrogen-bond donors (Lipinski definition) is 1. The highest BCUT2D eigenvalue weighted by Gasteiger charge is 2.12. The topological polar surface area (TPSA) is 29.9 Å². The molecule has 94 valence electrons. The number of benzene rings is 1. The van der Waals surface area contributed by atoms with Gasteiger partial charge < -0.3 is 9.88 Å². The third kappa shape index (κ3) is 2.55. The van der Waals surface area contributed by atoms with Gasteiger partial charge in [0.15, 0.2) is 0 Å². The molecule has 1 fully saturated rings. The first-order chi connectivity index (χ1) is 8.92. The lowest BCUT2D eigenvalue weighted by atomic mass is 9.95. The van der Waals surface area contributed by atoms with E-state index in [1.54, 1.807) is 6.20 Å². The van der Waals surface area contributed by atoms with E-state index in [4.69, 9.17) is 0 Å². The summed E-state index contributed by atoms with van der Waals surface area (Å²) in [5, 5.41) is 3.65. The number of hydrogen-bond acceptors (Lipinski definition) is 2. The zero-order chi connectivity index (χ0) is 12.2. The largest absolute Gasteiger partial charge is 0.382 e. The van der Waals surface area contributed by atoms with E-state index in [1.165, 1.54) is 37.8 Å². The van der Waals surface area contributed by atoms with Crippen molar-refractivity contribution >= 4 is 5.69 Å². The van der Waals surface area contributed by atoms with E-state index in [2.05, 4.69) is 34.6 Å². The molecule has 0 unspecified atom stereocenters. The molecule has 0 spiro atoms. The summed E-state index contributed by atoms with van der Waals surface area (Å²) in [4.78, 5) is 4.09. The fourth-order valence-corrected chi connectivity index (χ4v) is 2.65. The van der Waals surface area contributed by atoms with Crippen LogP contribution in [-0.2, 0) is 0 Å². The summed E-state index contributed by atoms with van der Waals surface area (Å²) in [6.45, 7) is 0. The Morgan fingerprint density at radius 3 is 2.83 bits per heavy atom. The molecule has 0 amide bonds. The van der Waals surface area contributed by atoms with Crippen LogP contribution in [0, 0.1) is 0 Å². The fraction of sp³-hybridized carbons (Fsp3) is 0.400. The van der Waals surface area contributed by atoms with Crippen molar-refractivity contribution in [2.24, 2.45) is 0 Å². The van der Waals surface area contributed by atoms with Gasteiger partial charge in [-0.1, -0.05) is 25.3 Å². The normalized spacial score (nSPS) is 16.7. The summed E-state index contributed by atoms with van der Waals surface area (Å²) in [6.07, 6.45) is 12.3. The van der Waals surface area contributed by atoms with E-state index in [9.17, 15) is 0 Å². The predicted molar refractivity (Wildman–Crippen MR) is 74.1 cm³/mol. The van der Waals surface area contributed by atoms with Crippen molar-refractivity contribution < 1.29 is 0 Å². The lowest BCUT2D eigenvalue weighted by Crippen LogP contribution is -2.22. The highest BCUT2D eigenvalue weighted by Crippen LogP contribution is 2.22. The van der Waals surface area contributed by atoms with E-state index in [-0.39, 0.29) is 0 Å². The molecule has 0 atom stereocenters.